The minimum Gasteiger partial charge on any atom is -0.487 e. The lowest BCUT2D eigenvalue weighted by atomic mass is 9.96. The van der Waals surface area contributed by atoms with Crippen molar-refractivity contribution in [3.63, 3.8) is 0 Å². The molecule has 104 valence electrons. The van der Waals surface area contributed by atoms with Crippen LogP contribution in [0.4, 0.5) is 4.39 Å². The van der Waals surface area contributed by atoms with Crippen LogP contribution in [0.5, 0.6) is 5.75 Å². The van der Waals surface area contributed by atoms with E-state index in [2.05, 4.69) is 0 Å². The average molecular weight is 268 g/mol. The zero-order valence-corrected chi connectivity index (χ0v) is 10.9. The van der Waals surface area contributed by atoms with Crippen LogP contribution < -0.4 is 4.74 Å². The maximum absolute atomic E-state index is 13.2. The molecule has 19 heavy (non-hydrogen) atoms. The van der Waals surface area contributed by atoms with Crippen molar-refractivity contribution in [3.8, 4) is 5.75 Å². The van der Waals surface area contributed by atoms with Gasteiger partial charge in [0.2, 0.25) is 0 Å². The van der Waals surface area contributed by atoms with Crippen LogP contribution in [-0.4, -0.2) is 29.7 Å². The molecular formula is C14H17FO4. The third-order valence-electron chi connectivity index (χ3n) is 3.51. The zero-order valence-electron chi connectivity index (χ0n) is 10.9. The van der Waals surface area contributed by atoms with Gasteiger partial charge in [-0.25, -0.2) is 4.39 Å². The molecule has 2 aliphatic rings. The molecule has 2 aliphatic heterocycles. The van der Waals surface area contributed by atoms with Crippen LogP contribution in [0.15, 0.2) is 18.2 Å². The summed E-state index contributed by atoms with van der Waals surface area (Å²) in [6.07, 6.45) is -0.866. The third-order valence-corrected chi connectivity index (χ3v) is 3.51. The molecule has 3 atom stereocenters. The predicted octanol–water partition coefficient (Wildman–Crippen LogP) is 2.16. The van der Waals surface area contributed by atoms with Crippen LogP contribution in [-0.2, 0) is 9.47 Å². The van der Waals surface area contributed by atoms with Crippen LogP contribution in [0.3, 0.4) is 0 Å². The number of rotatable bonds is 1. The lowest BCUT2D eigenvalue weighted by Crippen LogP contribution is -2.39. The van der Waals surface area contributed by atoms with Crippen molar-refractivity contribution < 1.29 is 23.7 Å². The highest BCUT2D eigenvalue weighted by Crippen LogP contribution is 2.38. The number of fused-ring (bicyclic) bond motifs is 1. The number of benzene rings is 1. The number of hydrogen-bond donors (Lipinski definition) is 1. The van der Waals surface area contributed by atoms with Gasteiger partial charge in [-0.2, -0.15) is 0 Å². The molecule has 1 N–H and O–H groups in total. The molecule has 5 heteroatoms. The number of ether oxygens (including phenoxy) is 3. The molecule has 0 spiro atoms. The minimum atomic E-state index is -0.739. The molecule has 1 aromatic rings. The summed E-state index contributed by atoms with van der Waals surface area (Å²) in [7, 11) is 0. The number of aliphatic hydroxyl groups excluding tert-OH is 1. The van der Waals surface area contributed by atoms with E-state index in [9.17, 15) is 9.50 Å². The van der Waals surface area contributed by atoms with Crippen LogP contribution in [0.1, 0.15) is 31.9 Å². The second kappa shape index (κ2) is 4.44. The SMILES string of the molecule is CC1(C)OC[C@@H]([C@H]2C[C@@H](O)c3cc(F)ccc3O2)O1. The first kappa shape index (κ1) is 12.8. The standard InChI is InChI=1S/C14H17FO4/c1-14(2)17-7-13(19-14)12-6-10(16)9-5-8(15)3-4-11(9)18-12/h3-5,10,12-13,16H,6-7H2,1-2H3/t10-,12-,13+/m1/s1. The molecule has 3 rings (SSSR count). The highest BCUT2D eigenvalue weighted by atomic mass is 19.1. The predicted molar refractivity (Wildman–Crippen MR) is 65.3 cm³/mol. The Hall–Kier alpha value is -1.17. The van der Waals surface area contributed by atoms with Crippen molar-refractivity contribution in [2.24, 2.45) is 0 Å². The molecule has 2 heterocycles. The van der Waals surface area contributed by atoms with E-state index < -0.39 is 11.9 Å². The van der Waals surface area contributed by atoms with Gasteiger partial charge < -0.3 is 19.3 Å². The largest absolute Gasteiger partial charge is 0.487 e. The Labute approximate surface area is 111 Å². The molecule has 1 saturated heterocycles. The smallest absolute Gasteiger partial charge is 0.163 e. The first-order valence-corrected chi connectivity index (χ1v) is 6.40. The fourth-order valence-corrected chi connectivity index (χ4v) is 2.57. The average Bonchev–Trinajstić information content (AvgIpc) is 2.70. The van der Waals surface area contributed by atoms with Crippen LogP contribution in [0.2, 0.25) is 0 Å². The number of aliphatic hydroxyl groups is 1. The van der Waals surface area contributed by atoms with E-state index in [0.717, 1.165) is 0 Å². The van der Waals surface area contributed by atoms with E-state index in [1.54, 1.807) is 6.07 Å². The molecular weight excluding hydrogens is 251 g/mol. The van der Waals surface area contributed by atoms with E-state index in [0.29, 0.717) is 24.3 Å². The van der Waals surface area contributed by atoms with Crippen molar-refractivity contribution in [3.05, 3.63) is 29.6 Å². The Kier molecular flexibility index (Phi) is 3.00. The Bertz CT molecular complexity index is 488. The monoisotopic (exact) mass is 268 g/mol. The van der Waals surface area contributed by atoms with E-state index in [-0.39, 0.29) is 18.0 Å². The molecule has 1 fully saturated rings. The second-order valence-corrected chi connectivity index (χ2v) is 5.46. The maximum atomic E-state index is 13.2. The normalized spacial score (nSPS) is 32.7. The van der Waals surface area contributed by atoms with Crippen molar-refractivity contribution in [1.82, 2.24) is 0 Å². The highest BCUT2D eigenvalue weighted by molar-refractivity contribution is 5.37. The molecule has 0 unspecified atom stereocenters. The lowest BCUT2D eigenvalue weighted by Gasteiger charge is -2.32. The minimum absolute atomic E-state index is 0.220. The zero-order chi connectivity index (χ0) is 13.6. The number of halogens is 1. The van der Waals surface area contributed by atoms with Gasteiger partial charge in [-0.05, 0) is 32.0 Å². The van der Waals surface area contributed by atoms with Gasteiger partial charge in [0.1, 0.15) is 23.8 Å². The van der Waals surface area contributed by atoms with Crippen LogP contribution >= 0.6 is 0 Å². The Balaban J connectivity index is 1.80. The van der Waals surface area contributed by atoms with Crippen molar-refractivity contribution >= 4 is 0 Å². The summed E-state index contributed by atoms with van der Waals surface area (Å²) in [5.41, 5.74) is 0.495. The molecule has 0 aliphatic carbocycles. The fourth-order valence-electron chi connectivity index (χ4n) is 2.57. The quantitative estimate of drug-likeness (QED) is 0.848. The van der Waals surface area contributed by atoms with Crippen LogP contribution in [0.25, 0.3) is 0 Å². The van der Waals surface area contributed by atoms with Gasteiger partial charge in [0.15, 0.2) is 5.79 Å². The van der Waals surface area contributed by atoms with E-state index in [4.69, 9.17) is 14.2 Å². The van der Waals surface area contributed by atoms with Gasteiger partial charge >= 0.3 is 0 Å². The van der Waals surface area contributed by atoms with E-state index in [1.807, 2.05) is 13.8 Å². The Morgan fingerprint density at radius 2 is 2.11 bits per heavy atom. The topological polar surface area (TPSA) is 47.9 Å². The summed E-state index contributed by atoms with van der Waals surface area (Å²) in [6.45, 7) is 4.12. The Morgan fingerprint density at radius 3 is 2.79 bits per heavy atom. The highest BCUT2D eigenvalue weighted by Gasteiger charge is 2.41. The molecule has 0 bridgehead atoms. The molecule has 0 saturated carbocycles. The van der Waals surface area contributed by atoms with E-state index >= 15 is 0 Å². The summed E-state index contributed by atoms with van der Waals surface area (Å²) in [5.74, 6) is -0.484. The van der Waals surface area contributed by atoms with Gasteiger partial charge in [0, 0.05) is 12.0 Å². The maximum Gasteiger partial charge on any atom is 0.163 e. The summed E-state index contributed by atoms with van der Waals surface area (Å²) in [5, 5.41) is 10.1. The summed E-state index contributed by atoms with van der Waals surface area (Å²) < 4.78 is 30.2. The second-order valence-electron chi connectivity index (χ2n) is 5.46. The van der Waals surface area contributed by atoms with Gasteiger partial charge in [0.05, 0.1) is 12.7 Å². The van der Waals surface area contributed by atoms with Crippen molar-refractivity contribution in [1.29, 1.82) is 0 Å². The molecule has 1 aromatic carbocycles. The van der Waals surface area contributed by atoms with Crippen LogP contribution in [0, 0.1) is 5.82 Å². The van der Waals surface area contributed by atoms with Gasteiger partial charge in [-0.1, -0.05) is 0 Å². The molecule has 4 nitrogen and oxygen atoms in total. The van der Waals surface area contributed by atoms with Crippen molar-refractivity contribution in [2.45, 2.75) is 44.4 Å². The summed E-state index contributed by atoms with van der Waals surface area (Å²) in [6, 6.07) is 4.18. The molecule has 0 amide bonds. The molecule has 0 aromatic heterocycles. The number of hydrogen-bond acceptors (Lipinski definition) is 4. The van der Waals surface area contributed by atoms with Gasteiger partial charge in [-0.15, -0.1) is 0 Å². The van der Waals surface area contributed by atoms with Gasteiger partial charge in [0.25, 0.3) is 0 Å². The lowest BCUT2D eigenvalue weighted by molar-refractivity contribution is -0.152. The van der Waals surface area contributed by atoms with E-state index in [1.165, 1.54) is 12.1 Å². The first-order valence-electron chi connectivity index (χ1n) is 6.40. The third kappa shape index (κ3) is 2.45. The fraction of sp³-hybridized carbons (Fsp3) is 0.571. The summed E-state index contributed by atoms with van der Waals surface area (Å²) >= 11 is 0. The van der Waals surface area contributed by atoms with Gasteiger partial charge in [-0.3, -0.25) is 0 Å². The summed E-state index contributed by atoms with van der Waals surface area (Å²) in [4.78, 5) is 0. The molecule has 0 radical (unpaired) electrons. The first-order chi connectivity index (χ1) is 8.94. The van der Waals surface area contributed by atoms with Crippen molar-refractivity contribution in [2.75, 3.05) is 6.61 Å². The Morgan fingerprint density at radius 1 is 1.32 bits per heavy atom.